The summed E-state index contributed by atoms with van der Waals surface area (Å²) in [6.45, 7) is 2.41. The van der Waals surface area contributed by atoms with Gasteiger partial charge in [-0.15, -0.1) is 0 Å². The number of ether oxygens (including phenoxy) is 2. The fraction of sp³-hybridized carbons (Fsp3) is 0.190. The van der Waals surface area contributed by atoms with Crippen LogP contribution in [0.4, 0.5) is 0 Å². The van der Waals surface area contributed by atoms with Gasteiger partial charge < -0.3 is 14.8 Å². The normalized spacial score (nSPS) is 10.5. The van der Waals surface area contributed by atoms with Crippen LogP contribution in [0.3, 0.4) is 0 Å². The fourth-order valence-electron chi connectivity index (χ4n) is 2.45. The SMILES string of the molecule is Clc1ccc(OCc2ccccc2)c(CNCCOc2ccccn2)c1. The van der Waals surface area contributed by atoms with Crippen LogP contribution in [0.2, 0.25) is 5.02 Å². The van der Waals surface area contributed by atoms with Gasteiger partial charge in [0.15, 0.2) is 0 Å². The number of hydrogen-bond donors (Lipinski definition) is 1. The average Bonchev–Trinajstić information content (AvgIpc) is 2.69. The lowest BCUT2D eigenvalue weighted by molar-refractivity contribution is 0.295. The Morgan fingerprint density at radius 1 is 0.923 bits per heavy atom. The third kappa shape index (κ3) is 5.76. The van der Waals surface area contributed by atoms with Crippen LogP contribution in [0.5, 0.6) is 11.6 Å². The summed E-state index contributed by atoms with van der Waals surface area (Å²) >= 11 is 6.14. The van der Waals surface area contributed by atoms with Gasteiger partial charge in [0.05, 0.1) is 0 Å². The number of halogens is 1. The van der Waals surface area contributed by atoms with Crippen molar-refractivity contribution in [2.75, 3.05) is 13.2 Å². The van der Waals surface area contributed by atoms with Crippen molar-refractivity contribution >= 4 is 11.6 Å². The van der Waals surface area contributed by atoms with Gasteiger partial charge in [-0.2, -0.15) is 0 Å². The molecule has 0 fully saturated rings. The number of hydrogen-bond acceptors (Lipinski definition) is 4. The maximum absolute atomic E-state index is 6.14. The van der Waals surface area contributed by atoms with Gasteiger partial charge in [0.25, 0.3) is 0 Å². The second-order valence-corrected chi connectivity index (χ2v) is 6.16. The van der Waals surface area contributed by atoms with Gasteiger partial charge >= 0.3 is 0 Å². The van der Waals surface area contributed by atoms with Crippen LogP contribution in [0.1, 0.15) is 11.1 Å². The minimum Gasteiger partial charge on any atom is -0.489 e. The predicted molar refractivity (Wildman–Crippen MR) is 104 cm³/mol. The van der Waals surface area contributed by atoms with Crippen LogP contribution < -0.4 is 14.8 Å². The monoisotopic (exact) mass is 368 g/mol. The topological polar surface area (TPSA) is 43.4 Å². The summed E-state index contributed by atoms with van der Waals surface area (Å²) in [4.78, 5) is 4.13. The first-order valence-electron chi connectivity index (χ1n) is 8.51. The van der Waals surface area contributed by atoms with Crippen molar-refractivity contribution in [3.05, 3.63) is 89.1 Å². The Morgan fingerprint density at radius 2 is 1.77 bits per heavy atom. The largest absolute Gasteiger partial charge is 0.489 e. The van der Waals surface area contributed by atoms with E-state index in [1.54, 1.807) is 6.20 Å². The van der Waals surface area contributed by atoms with Gasteiger partial charge in [-0.25, -0.2) is 4.98 Å². The van der Waals surface area contributed by atoms with Gasteiger partial charge in [0.2, 0.25) is 5.88 Å². The molecule has 134 valence electrons. The van der Waals surface area contributed by atoms with Crippen LogP contribution in [-0.2, 0) is 13.2 Å². The maximum atomic E-state index is 6.14. The molecular formula is C21H21ClN2O2. The molecule has 4 nitrogen and oxygen atoms in total. The van der Waals surface area contributed by atoms with E-state index in [9.17, 15) is 0 Å². The Morgan fingerprint density at radius 3 is 2.58 bits per heavy atom. The molecule has 0 amide bonds. The van der Waals surface area contributed by atoms with E-state index in [1.165, 1.54) is 0 Å². The molecule has 0 bridgehead atoms. The third-order valence-corrected chi connectivity index (χ3v) is 3.98. The van der Waals surface area contributed by atoms with Gasteiger partial charge in [-0.05, 0) is 29.8 Å². The first-order valence-corrected chi connectivity index (χ1v) is 8.89. The minimum atomic E-state index is 0.526. The van der Waals surface area contributed by atoms with E-state index in [-0.39, 0.29) is 0 Å². The highest BCUT2D eigenvalue weighted by molar-refractivity contribution is 6.30. The summed E-state index contributed by atoms with van der Waals surface area (Å²) in [5.74, 6) is 1.46. The molecule has 1 N–H and O–H groups in total. The molecule has 0 aliphatic rings. The van der Waals surface area contributed by atoms with E-state index in [1.807, 2.05) is 66.7 Å². The van der Waals surface area contributed by atoms with Gasteiger partial charge in [0, 0.05) is 35.9 Å². The highest BCUT2D eigenvalue weighted by Gasteiger charge is 2.05. The first kappa shape index (κ1) is 18.2. The standard InChI is InChI=1S/C21H21ClN2O2/c22-19-9-10-20(26-16-17-6-2-1-3-7-17)18(14-19)15-23-12-13-25-21-8-4-5-11-24-21/h1-11,14,23H,12-13,15-16H2. The van der Waals surface area contributed by atoms with E-state index >= 15 is 0 Å². The first-order chi connectivity index (χ1) is 12.8. The molecule has 0 spiro atoms. The van der Waals surface area contributed by atoms with Crippen LogP contribution in [0.15, 0.2) is 72.9 Å². The second-order valence-electron chi connectivity index (χ2n) is 5.72. The van der Waals surface area contributed by atoms with E-state index in [0.717, 1.165) is 16.9 Å². The third-order valence-electron chi connectivity index (χ3n) is 3.74. The molecule has 0 radical (unpaired) electrons. The van der Waals surface area contributed by atoms with Gasteiger partial charge in [-0.3, -0.25) is 0 Å². The number of pyridine rings is 1. The maximum Gasteiger partial charge on any atom is 0.213 e. The molecule has 0 unspecified atom stereocenters. The molecule has 1 heterocycles. The summed E-state index contributed by atoms with van der Waals surface area (Å²) < 4.78 is 11.5. The lowest BCUT2D eigenvalue weighted by Crippen LogP contribution is -2.21. The highest BCUT2D eigenvalue weighted by atomic mass is 35.5. The molecule has 1 aromatic heterocycles. The van der Waals surface area contributed by atoms with E-state index < -0.39 is 0 Å². The zero-order valence-corrected chi connectivity index (χ0v) is 15.2. The molecule has 2 aromatic carbocycles. The van der Waals surface area contributed by atoms with Crippen LogP contribution in [-0.4, -0.2) is 18.1 Å². The van der Waals surface area contributed by atoms with E-state index in [2.05, 4.69) is 10.3 Å². The summed E-state index contributed by atoms with van der Waals surface area (Å²) in [6.07, 6.45) is 1.71. The van der Waals surface area contributed by atoms with Crippen molar-refractivity contribution in [2.24, 2.45) is 0 Å². The lowest BCUT2D eigenvalue weighted by Gasteiger charge is -2.13. The van der Waals surface area contributed by atoms with Crippen molar-refractivity contribution in [1.82, 2.24) is 10.3 Å². The lowest BCUT2D eigenvalue weighted by atomic mass is 10.2. The number of nitrogens with zero attached hydrogens (tertiary/aromatic N) is 1. The molecular weight excluding hydrogens is 348 g/mol. The second kappa shape index (κ2) is 9.80. The quantitative estimate of drug-likeness (QED) is 0.565. The molecule has 26 heavy (non-hydrogen) atoms. The minimum absolute atomic E-state index is 0.526. The number of rotatable bonds is 9. The summed E-state index contributed by atoms with van der Waals surface area (Å²) in [7, 11) is 0. The molecule has 0 atom stereocenters. The van der Waals surface area contributed by atoms with Crippen molar-refractivity contribution in [3.8, 4) is 11.6 Å². The van der Waals surface area contributed by atoms with Crippen LogP contribution in [0.25, 0.3) is 0 Å². The predicted octanol–water partition coefficient (Wildman–Crippen LogP) is 4.48. The number of aromatic nitrogens is 1. The smallest absolute Gasteiger partial charge is 0.213 e. The molecule has 5 heteroatoms. The Kier molecular flexibility index (Phi) is 6.88. The summed E-state index contributed by atoms with van der Waals surface area (Å²) in [5.41, 5.74) is 2.15. The van der Waals surface area contributed by atoms with Crippen molar-refractivity contribution in [3.63, 3.8) is 0 Å². The van der Waals surface area contributed by atoms with Crippen LogP contribution in [0, 0.1) is 0 Å². The van der Waals surface area contributed by atoms with Gasteiger partial charge in [0.1, 0.15) is 19.0 Å². The molecule has 3 rings (SSSR count). The fourth-order valence-corrected chi connectivity index (χ4v) is 2.64. The van der Waals surface area contributed by atoms with Gasteiger partial charge in [-0.1, -0.05) is 48.0 Å². The Bertz CT molecular complexity index is 798. The molecule has 0 saturated heterocycles. The van der Waals surface area contributed by atoms with Crippen molar-refractivity contribution in [1.29, 1.82) is 0 Å². The average molecular weight is 369 g/mol. The molecule has 0 aliphatic carbocycles. The molecule has 0 aliphatic heterocycles. The molecule has 3 aromatic rings. The molecule has 0 saturated carbocycles. The number of benzene rings is 2. The summed E-state index contributed by atoms with van der Waals surface area (Å²) in [5, 5.41) is 4.04. The highest BCUT2D eigenvalue weighted by Crippen LogP contribution is 2.23. The van der Waals surface area contributed by atoms with Crippen molar-refractivity contribution in [2.45, 2.75) is 13.2 Å². The zero-order chi connectivity index (χ0) is 18.0. The zero-order valence-electron chi connectivity index (χ0n) is 14.4. The Balaban J connectivity index is 1.49. The number of nitrogens with one attached hydrogen (secondary N) is 1. The summed E-state index contributed by atoms with van der Waals surface area (Å²) in [6, 6.07) is 21.4. The van der Waals surface area contributed by atoms with Crippen LogP contribution >= 0.6 is 11.6 Å². The van der Waals surface area contributed by atoms with E-state index in [0.29, 0.717) is 37.2 Å². The van der Waals surface area contributed by atoms with Crippen molar-refractivity contribution < 1.29 is 9.47 Å². The Hall–Kier alpha value is -2.56. The van der Waals surface area contributed by atoms with E-state index in [4.69, 9.17) is 21.1 Å². The Labute approximate surface area is 158 Å².